The number of benzene rings is 1. The van der Waals surface area contributed by atoms with Crippen molar-refractivity contribution in [2.45, 2.75) is 19.4 Å². The molecule has 7 heteroatoms. The minimum atomic E-state index is -1.02. The van der Waals surface area contributed by atoms with E-state index in [9.17, 15) is 4.79 Å². The minimum absolute atomic E-state index is 0.0811. The molecule has 1 aliphatic heterocycles. The summed E-state index contributed by atoms with van der Waals surface area (Å²) in [6, 6.07) is 7.27. The maximum absolute atomic E-state index is 12.5. The average molecular weight is 312 g/mol. The number of halogens is 1. The van der Waals surface area contributed by atoms with Crippen molar-refractivity contribution in [1.29, 1.82) is 0 Å². The summed E-state index contributed by atoms with van der Waals surface area (Å²) in [4.78, 5) is 12.5. The van der Waals surface area contributed by atoms with Gasteiger partial charge in [0.1, 0.15) is 5.41 Å². The van der Waals surface area contributed by atoms with Gasteiger partial charge in [-0.3, -0.25) is 4.79 Å². The van der Waals surface area contributed by atoms with Crippen LogP contribution in [0.3, 0.4) is 0 Å². The highest BCUT2D eigenvalue weighted by molar-refractivity contribution is 6.31. The fourth-order valence-corrected chi connectivity index (χ4v) is 2.60. The molecular formula is C14H18ClN3O3. The van der Waals surface area contributed by atoms with E-state index in [1.807, 2.05) is 18.2 Å². The molecule has 0 atom stereocenters. The van der Waals surface area contributed by atoms with Gasteiger partial charge in [0.25, 0.3) is 0 Å². The van der Waals surface area contributed by atoms with Gasteiger partial charge in [-0.2, -0.15) is 0 Å². The smallest absolute Gasteiger partial charge is 0.234 e. The van der Waals surface area contributed by atoms with Crippen LogP contribution in [0.4, 0.5) is 0 Å². The normalized spacial score (nSPS) is 18.2. The highest BCUT2D eigenvalue weighted by Crippen LogP contribution is 2.31. The number of oxime groups is 1. The first-order valence-corrected chi connectivity index (χ1v) is 7.05. The van der Waals surface area contributed by atoms with Gasteiger partial charge in [-0.25, -0.2) is 0 Å². The predicted molar refractivity (Wildman–Crippen MR) is 79.2 cm³/mol. The molecule has 1 aromatic carbocycles. The quantitative estimate of drug-likeness (QED) is 0.340. The lowest BCUT2D eigenvalue weighted by atomic mass is 9.78. The molecule has 21 heavy (non-hydrogen) atoms. The molecule has 0 aromatic heterocycles. The second kappa shape index (κ2) is 6.78. The molecule has 2 rings (SSSR count). The second-order valence-corrected chi connectivity index (χ2v) is 5.36. The first-order valence-electron chi connectivity index (χ1n) is 6.67. The Hall–Kier alpha value is -1.79. The number of hydrogen-bond acceptors (Lipinski definition) is 4. The van der Waals surface area contributed by atoms with Crippen LogP contribution in [-0.2, 0) is 16.1 Å². The molecule has 0 aliphatic carbocycles. The Morgan fingerprint density at radius 3 is 2.71 bits per heavy atom. The third-order valence-corrected chi connectivity index (χ3v) is 4.15. The Kier molecular flexibility index (Phi) is 5.03. The summed E-state index contributed by atoms with van der Waals surface area (Å²) in [5, 5.41) is 15.4. The summed E-state index contributed by atoms with van der Waals surface area (Å²) in [6.45, 7) is 1.09. The van der Waals surface area contributed by atoms with E-state index in [0.29, 0.717) is 37.6 Å². The van der Waals surface area contributed by atoms with Gasteiger partial charge in [0.05, 0.1) is 0 Å². The van der Waals surface area contributed by atoms with Gasteiger partial charge in [0.2, 0.25) is 5.91 Å². The number of nitrogens with one attached hydrogen (secondary N) is 1. The summed E-state index contributed by atoms with van der Waals surface area (Å²) in [6.07, 6.45) is 0.772. The Labute approximate surface area is 127 Å². The van der Waals surface area contributed by atoms with Crippen molar-refractivity contribution < 1.29 is 14.7 Å². The Morgan fingerprint density at radius 2 is 2.10 bits per heavy atom. The summed E-state index contributed by atoms with van der Waals surface area (Å²) in [5.74, 6) is -0.358. The number of nitrogens with zero attached hydrogens (tertiary/aromatic N) is 1. The molecule has 4 N–H and O–H groups in total. The highest BCUT2D eigenvalue weighted by Gasteiger charge is 2.44. The summed E-state index contributed by atoms with van der Waals surface area (Å²) < 4.78 is 5.26. The molecule has 1 aliphatic rings. The molecule has 0 spiro atoms. The monoisotopic (exact) mass is 311 g/mol. The van der Waals surface area contributed by atoms with Gasteiger partial charge in [0.15, 0.2) is 5.84 Å². The van der Waals surface area contributed by atoms with E-state index in [4.69, 9.17) is 27.3 Å². The van der Waals surface area contributed by atoms with E-state index < -0.39 is 5.41 Å². The lowest BCUT2D eigenvalue weighted by molar-refractivity contribution is -0.131. The van der Waals surface area contributed by atoms with Crippen LogP contribution in [0, 0.1) is 5.41 Å². The minimum Gasteiger partial charge on any atom is -0.409 e. The van der Waals surface area contributed by atoms with Gasteiger partial charge in [0, 0.05) is 24.8 Å². The molecule has 1 saturated heterocycles. The fraction of sp³-hybridized carbons (Fsp3) is 0.429. The van der Waals surface area contributed by atoms with Crippen molar-refractivity contribution in [1.82, 2.24) is 5.32 Å². The van der Waals surface area contributed by atoms with Crippen molar-refractivity contribution >= 4 is 23.3 Å². The van der Waals surface area contributed by atoms with Crippen molar-refractivity contribution in [3.8, 4) is 0 Å². The van der Waals surface area contributed by atoms with Gasteiger partial charge >= 0.3 is 0 Å². The SMILES string of the molecule is NC(=NO)C1(C(=O)NCc2ccccc2Cl)CCOCC1. The summed E-state index contributed by atoms with van der Waals surface area (Å²) in [5.41, 5.74) is 5.53. The molecule has 1 amide bonds. The van der Waals surface area contributed by atoms with Crippen LogP contribution in [0.5, 0.6) is 0 Å². The molecule has 1 aromatic rings. The second-order valence-electron chi connectivity index (χ2n) is 4.95. The number of ether oxygens (including phenoxy) is 1. The van der Waals surface area contributed by atoms with E-state index in [1.54, 1.807) is 6.07 Å². The van der Waals surface area contributed by atoms with E-state index >= 15 is 0 Å². The van der Waals surface area contributed by atoms with Crippen LogP contribution >= 0.6 is 11.6 Å². The van der Waals surface area contributed by atoms with Gasteiger partial charge in [-0.1, -0.05) is 35.0 Å². The molecule has 0 bridgehead atoms. The van der Waals surface area contributed by atoms with Crippen LogP contribution in [0.25, 0.3) is 0 Å². The fourth-order valence-electron chi connectivity index (χ4n) is 2.40. The van der Waals surface area contributed by atoms with E-state index in [1.165, 1.54) is 0 Å². The Bertz CT molecular complexity index is 542. The van der Waals surface area contributed by atoms with Gasteiger partial charge in [-0.15, -0.1) is 0 Å². The highest BCUT2D eigenvalue weighted by atomic mass is 35.5. The number of carbonyl (C=O) groups excluding carboxylic acids is 1. The number of carbonyl (C=O) groups is 1. The Balaban J connectivity index is 2.11. The van der Waals surface area contributed by atoms with E-state index in [-0.39, 0.29) is 11.7 Å². The van der Waals surface area contributed by atoms with Crippen LogP contribution in [0.1, 0.15) is 18.4 Å². The molecule has 0 saturated carbocycles. The lowest BCUT2D eigenvalue weighted by Crippen LogP contribution is -2.52. The summed E-state index contributed by atoms with van der Waals surface area (Å²) in [7, 11) is 0. The average Bonchev–Trinajstić information content (AvgIpc) is 2.53. The first kappa shape index (κ1) is 15.6. The predicted octanol–water partition coefficient (Wildman–Crippen LogP) is 1.50. The van der Waals surface area contributed by atoms with E-state index in [0.717, 1.165) is 5.56 Å². The van der Waals surface area contributed by atoms with Crippen LogP contribution in [0.2, 0.25) is 5.02 Å². The zero-order valence-corrected chi connectivity index (χ0v) is 12.3. The van der Waals surface area contributed by atoms with Crippen LogP contribution < -0.4 is 11.1 Å². The topological polar surface area (TPSA) is 96.9 Å². The van der Waals surface area contributed by atoms with Crippen LogP contribution in [-0.4, -0.2) is 30.2 Å². The maximum Gasteiger partial charge on any atom is 0.234 e. The molecule has 0 unspecified atom stereocenters. The molecule has 6 nitrogen and oxygen atoms in total. The van der Waals surface area contributed by atoms with Crippen molar-refractivity contribution in [3.05, 3.63) is 34.9 Å². The zero-order valence-electron chi connectivity index (χ0n) is 11.5. The third-order valence-electron chi connectivity index (χ3n) is 3.78. The summed E-state index contributed by atoms with van der Waals surface area (Å²) >= 11 is 6.06. The van der Waals surface area contributed by atoms with Gasteiger partial charge in [-0.05, 0) is 24.5 Å². The zero-order chi connectivity index (χ0) is 15.3. The van der Waals surface area contributed by atoms with Gasteiger partial charge < -0.3 is 21.0 Å². The molecule has 1 heterocycles. The van der Waals surface area contributed by atoms with E-state index in [2.05, 4.69) is 10.5 Å². The standard InChI is InChI=1S/C14H18ClN3O3/c15-11-4-2-1-3-10(11)9-17-13(19)14(12(16)18-20)5-7-21-8-6-14/h1-4,20H,5-9H2,(H2,16,18)(H,17,19). The molecule has 0 radical (unpaired) electrons. The molecule has 1 fully saturated rings. The molecule has 114 valence electrons. The number of hydrogen-bond donors (Lipinski definition) is 3. The van der Waals surface area contributed by atoms with Crippen molar-refractivity contribution in [2.75, 3.05) is 13.2 Å². The number of nitrogens with two attached hydrogens (primary N) is 1. The number of rotatable bonds is 4. The Morgan fingerprint density at radius 1 is 1.43 bits per heavy atom. The molecular weight excluding hydrogens is 294 g/mol. The third kappa shape index (κ3) is 3.28. The van der Waals surface area contributed by atoms with Crippen LogP contribution in [0.15, 0.2) is 29.4 Å². The van der Waals surface area contributed by atoms with Crippen molar-refractivity contribution in [3.63, 3.8) is 0 Å². The largest absolute Gasteiger partial charge is 0.409 e. The van der Waals surface area contributed by atoms with Crippen molar-refractivity contribution in [2.24, 2.45) is 16.3 Å². The number of amidine groups is 1. The number of amides is 1. The lowest BCUT2D eigenvalue weighted by Gasteiger charge is -2.34. The first-order chi connectivity index (χ1) is 10.1. The maximum atomic E-state index is 12.5.